The monoisotopic (exact) mass is 248 g/mol. The van der Waals surface area contributed by atoms with Crippen molar-refractivity contribution in [2.45, 2.75) is 28.9 Å². The number of H-pyrrole nitrogens is 1. The van der Waals surface area contributed by atoms with Crippen LogP contribution in [0.4, 0.5) is 5.82 Å². The lowest BCUT2D eigenvalue weighted by molar-refractivity contribution is 0.876. The van der Waals surface area contributed by atoms with Crippen molar-refractivity contribution in [3.63, 3.8) is 0 Å². The van der Waals surface area contributed by atoms with Gasteiger partial charge < -0.3 is 5.32 Å². The molecule has 0 spiro atoms. The van der Waals surface area contributed by atoms with Crippen molar-refractivity contribution in [2.75, 3.05) is 12.4 Å². The summed E-state index contributed by atoms with van der Waals surface area (Å²) < 4.78 is 0. The Morgan fingerprint density at radius 3 is 2.94 bits per heavy atom. The second kappa shape index (κ2) is 4.33. The highest BCUT2D eigenvalue weighted by Gasteiger charge is 2.27. The molecule has 6 nitrogen and oxygen atoms in total. The molecule has 0 amide bonds. The first-order valence-corrected chi connectivity index (χ1v) is 6.27. The molecule has 2 N–H and O–H groups in total. The number of aromatic nitrogens is 5. The van der Waals surface area contributed by atoms with Crippen LogP contribution in [0.5, 0.6) is 0 Å². The van der Waals surface area contributed by atoms with E-state index in [4.69, 9.17) is 0 Å². The van der Waals surface area contributed by atoms with Gasteiger partial charge in [-0.15, -0.1) is 0 Å². The van der Waals surface area contributed by atoms with Gasteiger partial charge in [-0.1, -0.05) is 0 Å². The normalized spacial score (nSPS) is 14.9. The predicted octanol–water partition coefficient (Wildman–Crippen LogP) is 1.66. The van der Waals surface area contributed by atoms with Gasteiger partial charge in [-0.05, 0) is 24.6 Å². The maximum atomic E-state index is 4.54. The van der Waals surface area contributed by atoms with Gasteiger partial charge in [-0.2, -0.15) is 5.10 Å². The Balaban J connectivity index is 1.89. The summed E-state index contributed by atoms with van der Waals surface area (Å²) >= 11 is 1.46. The molecule has 0 bridgehead atoms. The molecular formula is C10H12N6S. The predicted molar refractivity (Wildman–Crippen MR) is 64.1 cm³/mol. The molecule has 1 aliphatic carbocycles. The van der Waals surface area contributed by atoms with Gasteiger partial charge in [0.25, 0.3) is 0 Å². The second-order valence-corrected chi connectivity index (χ2v) is 4.88. The molecule has 2 aromatic heterocycles. The Morgan fingerprint density at radius 2 is 2.29 bits per heavy atom. The summed E-state index contributed by atoms with van der Waals surface area (Å²) in [6.45, 7) is 0. The molecule has 1 aliphatic rings. The molecule has 7 heteroatoms. The minimum absolute atomic E-state index is 0.539. The van der Waals surface area contributed by atoms with Crippen LogP contribution in [0.1, 0.15) is 24.6 Å². The molecule has 0 aliphatic heterocycles. The number of anilines is 1. The van der Waals surface area contributed by atoms with Crippen LogP contribution in [-0.2, 0) is 0 Å². The van der Waals surface area contributed by atoms with Crippen molar-refractivity contribution in [3.05, 3.63) is 18.2 Å². The summed E-state index contributed by atoms with van der Waals surface area (Å²) in [5, 5.41) is 11.3. The molecule has 0 radical (unpaired) electrons. The van der Waals surface area contributed by atoms with Crippen LogP contribution in [0.2, 0.25) is 0 Å². The van der Waals surface area contributed by atoms with Gasteiger partial charge in [0.1, 0.15) is 23.0 Å². The third-order valence-corrected chi connectivity index (χ3v) is 3.32. The van der Waals surface area contributed by atoms with Crippen LogP contribution in [0.15, 0.2) is 22.6 Å². The van der Waals surface area contributed by atoms with Gasteiger partial charge in [0.2, 0.25) is 0 Å². The van der Waals surface area contributed by atoms with E-state index < -0.39 is 0 Å². The van der Waals surface area contributed by atoms with Gasteiger partial charge in [0.05, 0.1) is 0 Å². The number of aromatic amines is 1. The average Bonchev–Trinajstić information content (AvgIpc) is 3.09. The standard InChI is InChI=1S/C10H12N6S/c1-11-7-4-8(17-10-12-5-13-16-10)15-9(14-7)6-2-3-6/h4-6H,2-3H2,1H3,(H,11,14,15)(H,12,13,16). The van der Waals surface area contributed by atoms with Crippen molar-refractivity contribution < 1.29 is 0 Å². The van der Waals surface area contributed by atoms with Crippen molar-refractivity contribution in [1.29, 1.82) is 0 Å². The zero-order chi connectivity index (χ0) is 11.7. The Kier molecular flexibility index (Phi) is 2.68. The van der Waals surface area contributed by atoms with E-state index >= 15 is 0 Å². The SMILES string of the molecule is CNc1cc(Sc2ncn[nH]2)nc(C2CC2)n1. The van der Waals surface area contributed by atoms with Gasteiger partial charge in [-0.25, -0.2) is 15.0 Å². The molecule has 88 valence electrons. The Labute approximate surface area is 103 Å². The molecule has 0 atom stereocenters. The van der Waals surface area contributed by atoms with E-state index in [9.17, 15) is 0 Å². The summed E-state index contributed by atoms with van der Waals surface area (Å²) in [6, 6.07) is 1.92. The van der Waals surface area contributed by atoms with E-state index in [0.29, 0.717) is 5.92 Å². The smallest absolute Gasteiger partial charge is 0.189 e. The summed E-state index contributed by atoms with van der Waals surface area (Å²) in [6.07, 6.45) is 3.88. The highest BCUT2D eigenvalue weighted by Crippen LogP contribution is 2.39. The third-order valence-electron chi connectivity index (χ3n) is 2.51. The molecule has 2 heterocycles. The first kappa shape index (κ1) is 10.5. The van der Waals surface area contributed by atoms with Crippen molar-refractivity contribution in [3.8, 4) is 0 Å². The quantitative estimate of drug-likeness (QED) is 0.801. The third kappa shape index (κ3) is 2.38. The second-order valence-electron chi connectivity index (χ2n) is 3.87. The Bertz CT molecular complexity index is 508. The molecule has 0 aromatic carbocycles. The van der Waals surface area contributed by atoms with Gasteiger partial charge >= 0.3 is 0 Å². The maximum absolute atomic E-state index is 4.54. The molecule has 3 rings (SSSR count). The highest BCUT2D eigenvalue weighted by molar-refractivity contribution is 7.99. The van der Waals surface area contributed by atoms with E-state index in [1.54, 1.807) is 0 Å². The van der Waals surface area contributed by atoms with Crippen LogP contribution < -0.4 is 5.32 Å². The van der Waals surface area contributed by atoms with Gasteiger partial charge in [0, 0.05) is 19.0 Å². The van der Waals surface area contributed by atoms with Gasteiger partial charge in [0.15, 0.2) is 5.16 Å². The van der Waals surface area contributed by atoms with E-state index in [1.165, 1.54) is 30.9 Å². The zero-order valence-corrected chi connectivity index (χ0v) is 10.2. The summed E-state index contributed by atoms with van der Waals surface area (Å²) in [7, 11) is 1.86. The van der Waals surface area contributed by atoms with Crippen LogP contribution in [0.3, 0.4) is 0 Å². The van der Waals surface area contributed by atoms with E-state index in [1.807, 2.05) is 13.1 Å². The Hall–Kier alpha value is -1.63. The van der Waals surface area contributed by atoms with Crippen LogP contribution in [-0.4, -0.2) is 32.2 Å². The molecule has 2 aromatic rings. The van der Waals surface area contributed by atoms with Crippen molar-refractivity contribution in [1.82, 2.24) is 25.1 Å². The van der Waals surface area contributed by atoms with Gasteiger partial charge in [-0.3, -0.25) is 5.10 Å². The maximum Gasteiger partial charge on any atom is 0.189 e. The number of nitrogens with one attached hydrogen (secondary N) is 2. The van der Waals surface area contributed by atoms with Crippen LogP contribution in [0, 0.1) is 0 Å². The minimum atomic E-state index is 0.539. The van der Waals surface area contributed by atoms with Crippen molar-refractivity contribution in [2.24, 2.45) is 0 Å². The molecule has 0 unspecified atom stereocenters. The summed E-state index contributed by atoms with van der Waals surface area (Å²) in [5.74, 6) is 2.32. The fourth-order valence-electron chi connectivity index (χ4n) is 1.49. The van der Waals surface area contributed by atoms with Crippen molar-refractivity contribution >= 4 is 17.6 Å². The zero-order valence-electron chi connectivity index (χ0n) is 9.34. The lowest BCUT2D eigenvalue weighted by Crippen LogP contribution is -2.00. The number of hydrogen-bond donors (Lipinski definition) is 2. The Morgan fingerprint density at radius 1 is 1.41 bits per heavy atom. The minimum Gasteiger partial charge on any atom is -0.373 e. The highest BCUT2D eigenvalue weighted by atomic mass is 32.2. The number of hydrogen-bond acceptors (Lipinski definition) is 6. The lowest BCUT2D eigenvalue weighted by Gasteiger charge is -2.05. The molecular weight excluding hydrogens is 236 g/mol. The fourth-order valence-corrected chi connectivity index (χ4v) is 2.20. The fraction of sp³-hybridized carbons (Fsp3) is 0.400. The first-order chi connectivity index (χ1) is 8.35. The van der Waals surface area contributed by atoms with Crippen LogP contribution in [0.25, 0.3) is 0 Å². The van der Waals surface area contributed by atoms with E-state index in [2.05, 4.69) is 30.5 Å². The average molecular weight is 248 g/mol. The molecule has 17 heavy (non-hydrogen) atoms. The molecule has 0 saturated heterocycles. The number of rotatable bonds is 4. The summed E-state index contributed by atoms with van der Waals surface area (Å²) in [4.78, 5) is 13.1. The first-order valence-electron chi connectivity index (χ1n) is 5.45. The largest absolute Gasteiger partial charge is 0.373 e. The lowest BCUT2D eigenvalue weighted by atomic mass is 10.4. The topological polar surface area (TPSA) is 79.4 Å². The van der Waals surface area contributed by atoms with E-state index in [-0.39, 0.29) is 0 Å². The molecule has 1 fully saturated rings. The van der Waals surface area contributed by atoms with Crippen LogP contribution >= 0.6 is 11.8 Å². The van der Waals surface area contributed by atoms with E-state index in [0.717, 1.165) is 21.8 Å². The summed E-state index contributed by atoms with van der Waals surface area (Å²) in [5.41, 5.74) is 0. The number of nitrogens with zero attached hydrogens (tertiary/aromatic N) is 4. The molecule has 1 saturated carbocycles.